The Kier molecular flexibility index (Phi) is 4.91. The Balaban J connectivity index is 1.63. The fourth-order valence-electron chi connectivity index (χ4n) is 4.70. The number of benzene rings is 1. The number of nitrogens with zero attached hydrogens (tertiary/aromatic N) is 1. The third-order valence-electron chi connectivity index (χ3n) is 6.21. The van der Waals surface area contributed by atoms with Gasteiger partial charge in [-0.25, -0.2) is 0 Å². The van der Waals surface area contributed by atoms with Crippen molar-refractivity contribution in [1.29, 1.82) is 0 Å². The molecule has 3 aliphatic rings. The van der Waals surface area contributed by atoms with Crippen molar-refractivity contribution in [3.8, 4) is 0 Å². The molecule has 152 valence electrons. The fourth-order valence-corrected chi connectivity index (χ4v) is 6.09. The lowest BCUT2D eigenvalue weighted by Gasteiger charge is -2.56. The van der Waals surface area contributed by atoms with Crippen LogP contribution in [0.25, 0.3) is 10.1 Å². The third-order valence-corrected chi connectivity index (χ3v) is 7.77. The van der Waals surface area contributed by atoms with Gasteiger partial charge in [-0.1, -0.05) is 17.7 Å². The van der Waals surface area contributed by atoms with E-state index in [1.165, 1.54) is 6.07 Å². The Morgan fingerprint density at radius 3 is 2.61 bits per heavy atom. The average Bonchev–Trinajstić information content (AvgIpc) is 3.05. The van der Waals surface area contributed by atoms with Crippen LogP contribution in [-0.2, 0) is 6.42 Å². The maximum atomic E-state index is 13.0. The summed E-state index contributed by atoms with van der Waals surface area (Å²) in [7, 11) is 0. The molecule has 1 amide bonds. The summed E-state index contributed by atoms with van der Waals surface area (Å²) in [5.74, 6) is 0.218. The fraction of sp³-hybridized carbons (Fsp3) is 0.550. The van der Waals surface area contributed by atoms with E-state index >= 15 is 0 Å². The Morgan fingerprint density at radius 2 is 2.00 bits per heavy atom. The molecule has 3 saturated heterocycles. The first kappa shape index (κ1) is 20.0. The van der Waals surface area contributed by atoms with Crippen molar-refractivity contribution in [3.05, 3.63) is 33.7 Å². The van der Waals surface area contributed by atoms with Gasteiger partial charge in [0.15, 0.2) is 0 Å². The normalized spacial score (nSPS) is 26.6. The van der Waals surface area contributed by atoms with Gasteiger partial charge in [-0.15, -0.1) is 11.3 Å². The Bertz CT molecular complexity index is 916. The van der Waals surface area contributed by atoms with Crippen molar-refractivity contribution < 1.29 is 18.0 Å². The first-order chi connectivity index (χ1) is 13.1. The van der Waals surface area contributed by atoms with Crippen LogP contribution in [0.4, 0.5) is 13.2 Å². The molecule has 28 heavy (non-hydrogen) atoms. The second-order valence-electron chi connectivity index (χ2n) is 8.28. The van der Waals surface area contributed by atoms with Crippen molar-refractivity contribution in [2.75, 3.05) is 13.1 Å². The lowest BCUT2D eigenvalue weighted by molar-refractivity contribution is -0.126. The van der Waals surface area contributed by atoms with Crippen LogP contribution in [0.5, 0.6) is 0 Å². The van der Waals surface area contributed by atoms with E-state index < -0.39 is 12.6 Å². The first-order valence-corrected chi connectivity index (χ1v) is 10.6. The lowest BCUT2D eigenvalue weighted by Crippen LogP contribution is -2.69. The van der Waals surface area contributed by atoms with Gasteiger partial charge in [0.05, 0.1) is 11.3 Å². The summed E-state index contributed by atoms with van der Waals surface area (Å²) in [4.78, 5) is 15.8. The SMILES string of the molecule is CC1(C)C(NC(=O)c2cc3ccc(Cl)c(CC(F)(F)F)c3s2)C2CCN1CC2. The molecular weight excluding hydrogens is 409 g/mol. The van der Waals surface area contributed by atoms with Crippen molar-refractivity contribution in [2.24, 2.45) is 5.92 Å². The Labute approximate surface area is 170 Å². The van der Waals surface area contributed by atoms with Crippen LogP contribution in [-0.4, -0.2) is 41.7 Å². The summed E-state index contributed by atoms with van der Waals surface area (Å²) in [6.07, 6.45) is -3.33. The number of amides is 1. The molecule has 1 unspecified atom stereocenters. The minimum Gasteiger partial charge on any atom is -0.346 e. The summed E-state index contributed by atoms with van der Waals surface area (Å²) in [5.41, 5.74) is -0.0861. The van der Waals surface area contributed by atoms with E-state index in [2.05, 4.69) is 24.1 Å². The molecule has 1 aromatic heterocycles. The number of fused-ring (bicyclic) bond motifs is 4. The number of hydrogen-bond donors (Lipinski definition) is 1. The van der Waals surface area contributed by atoms with Crippen LogP contribution >= 0.6 is 22.9 Å². The maximum absolute atomic E-state index is 13.0. The van der Waals surface area contributed by atoms with Crippen LogP contribution < -0.4 is 5.32 Å². The lowest BCUT2D eigenvalue weighted by atomic mass is 9.72. The van der Waals surface area contributed by atoms with Gasteiger partial charge in [0.25, 0.3) is 5.91 Å². The largest absolute Gasteiger partial charge is 0.393 e. The van der Waals surface area contributed by atoms with Crippen molar-refractivity contribution in [2.45, 2.75) is 50.9 Å². The number of carbonyl (C=O) groups is 1. The molecule has 3 aliphatic heterocycles. The molecule has 0 aliphatic carbocycles. The van der Waals surface area contributed by atoms with Gasteiger partial charge in [-0.3, -0.25) is 9.69 Å². The molecule has 1 N–H and O–H groups in total. The maximum Gasteiger partial charge on any atom is 0.393 e. The molecule has 0 spiro atoms. The molecule has 1 atom stereocenters. The van der Waals surface area contributed by atoms with Gasteiger partial charge in [0.2, 0.25) is 0 Å². The second-order valence-corrected chi connectivity index (χ2v) is 9.74. The van der Waals surface area contributed by atoms with E-state index in [4.69, 9.17) is 11.6 Å². The van der Waals surface area contributed by atoms with E-state index in [9.17, 15) is 18.0 Å². The summed E-state index contributed by atoms with van der Waals surface area (Å²) in [5, 5.41) is 3.87. The van der Waals surface area contributed by atoms with Crippen LogP contribution in [0.3, 0.4) is 0 Å². The van der Waals surface area contributed by atoms with Gasteiger partial charge < -0.3 is 5.32 Å². The van der Waals surface area contributed by atoms with Gasteiger partial charge in [-0.05, 0) is 68.8 Å². The highest BCUT2D eigenvalue weighted by Crippen LogP contribution is 2.40. The zero-order valence-electron chi connectivity index (χ0n) is 15.7. The predicted molar refractivity (Wildman–Crippen MR) is 106 cm³/mol. The zero-order chi connectivity index (χ0) is 20.3. The number of piperidine rings is 3. The molecule has 3 fully saturated rings. The summed E-state index contributed by atoms with van der Waals surface area (Å²) in [6.45, 7) is 6.39. The number of thiophene rings is 1. The monoisotopic (exact) mass is 430 g/mol. The molecule has 1 aromatic carbocycles. The summed E-state index contributed by atoms with van der Waals surface area (Å²) >= 11 is 7.12. The number of halogens is 4. The standard InChI is InChI=1S/C20H22ClF3N2OS/c1-19(2)17(11-5-7-26(19)8-6-11)25-18(27)15-9-12-3-4-14(21)13(16(12)28-15)10-20(22,23)24/h3-4,9,11,17H,5-8,10H2,1-2H3,(H,25,27). The van der Waals surface area contributed by atoms with Gasteiger partial charge in [-0.2, -0.15) is 13.2 Å². The first-order valence-electron chi connectivity index (χ1n) is 9.40. The summed E-state index contributed by atoms with van der Waals surface area (Å²) in [6, 6.07) is 4.84. The van der Waals surface area contributed by atoms with Gasteiger partial charge in [0.1, 0.15) is 0 Å². The Morgan fingerprint density at radius 1 is 1.32 bits per heavy atom. The number of nitrogens with one attached hydrogen (secondary N) is 1. The summed E-state index contributed by atoms with van der Waals surface area (Å²) < 4.78 is 39.3. The zero-order valence-corrected chi connectivity index (χ0v) is 17.3. The molecule has 8 heteroatoms. The van der Waals surface area contributed by atoms with Gasteiger partial charge >= 0.3 is 6.18 Å². The molecule has 2 bridgehead atoms. The average molecular weight is 431 g/mol. The van der Waals surface area contributed by atoms with E-state index in [-0.39, 0.29) is 28.1 Å². The number of alkyl halides is 3. The molecule has 0 saturated carbocycles. The quantitative estimate of drug-likeness (QED) is 0.720. The molecular formula is C20H22ClF3N2OS. The second kappa shape index (κ2) is 6.89. The van der Waals surface area contributed by atoms with Crippen LogP contribution in [0, 0.1) is 5.92 Å². The highest BCUT2D eigenvalue weighted by molar-refractivity contribution is 7.21. The number of carbonyl (C=O) groups excluding carboxylic acids is 1. The molecule has 4 heterocycles. The highest BCUT2D eigenvalue weighted by Gasteiger charge is 2.48. The molecule has 3 nitrogen and oxygen atoms in total. The van der Waals surface area contributed by atoms with Crippen LogP contribution in [0.2, 0.25) is 5.02 Å². The number of rotatable bonds is 3. The third kappa shape index (κ3) is 3.53. The predicted octanol–water partition coefficient (Wildman–Crippen LogP) is 5.26. The topological polar surface area (TPSA) is 32.3 Å². The van der Waals surface area contributed by atoms with E-state index in [1.54, 1.807) is 12.1 Å². The van der Waals surface area contributed by atoms with Crippen LogP contribution in [0.1, 0.15) is 41.9 Å². The van der Waals surface area contributed by atoms with Crippen molar-refractivity contribution in [1.82, 2.24) is 10.2 Å². The van der Waals surface area contributed by atoms with E-state index in [0.717, 1.165) is 37.3 Å². The van der Waals surface area contributed by atoms with E-state index in [1.807, 2.05) is 0 Å². The number of hydrogen-bond acceptors (Lipinski definition) is 3. The Hall–Kier alpha value is -1.31. The molecule has 0 radical (unpaired) electrons. The molecule has 5 rings (SSSR count). The molecule has 2 aromatic rings. The minimum atomic E-state index is -4.36. The van der Waals surface area contributed by atoms with E-state index in [0.29, 0.717) is 20.9 Å². The van der Waals surface area contributed by atoms with Crippen molar-refractivity contribution in [3.63, 3.8) is 0 Å². The minimum absolute atomic E-state index is 0.0333. The van der Waals surface area contributed by atoms with Crippen molar-refractivity contribution >= 4 is 38.9 Å². The van der Waals surface area contributed by atoms with Gasteiger partial charge in [0, 0.05) is 21.3 Å². The van der Waals surface area contributed by atoms with Crippen LogP contribution in [0.15, 0.2) is 18.2 Å². The highest BCUT2D eigenvalue weighted by atomic mass is 35.5. The smallest absolute Gasteiger partial charge is 0.346 e.